The second-order valence-electron chi connectivity index (χ2n) is 5.04. The van der Waals surface area contributed by atoms with Crippen LogP contribution in [-0.2, 0) is 16.0 Å². The number of rotatable bonds is 9. The second-order valence-corrected chi connectivity index (χ2v) is 5.04. The smallest absolute Gasteiger partial charge is 0.268 e. The maximum atomic E-state index is 12.5. The van der Waals surface area contributed by atoms with Crippen LogP contribution in [0.1, 0.15) is 17.4 Å². The first kappa shape index (κ1) is 17.3. The van der Waals surface area contributed by atoms with Crippen molar-refractivity contribution in [2.45, 2.75) is 13.5 Å². The van der Waals surface area contributed by atoms with Crippen molar-refractivity contribution in [3.63, 3.8) is 0 Å². The van der Waals surface area contributed by atoms with E-state index in [0.717, 1.165) is 16.7 Å². The van der Waals surface area contributed by atoms with Gasteiger partial charge in [0, 0.05) is 32.7 Å². The van der Waals surface area contributed by atoms with Crippen LogP contribution in [0.4, 0.5) is 0 Å². The predicted molar refractivity (Wildman–Crippen MR) is 89.2 cm³/mol. The Morgan fingerprint density at radius 1 is 1.22 bits per heavy atom. The number of hydrogen-bond acceptors (Lipinski definition) is 4. The average Bonchev–Trinajstić information content (AvgIpc) is 2.93. The molecule has 126 valence electrons. The minimum atomic E-state index is -0.128. The highest BCUT2D eigenvalue weighted by Crippen LogP contribution is 2.29. The van der Waals surface area contributed by atoms with Crippen molar-refractivity contribution in [3.05, 3.63) is 30.0 Å². The van der Waals surface area contributed by atoms with Crippen LogP contribution in [0, 0.1) is 0 Å². The number of nitrogens with one attached hydrogen (secondary N) is 1. The second kappa shape index (κ2) is 8.55. The van der Waals surface area contributed by atoms with Gasteiger partial charge in [0.25, 0.3) is 5.91 Å². The molecule has 0 radical (unpaired) electrons. The van der Waals surface area contributed by atoms with E-state index in [-0.39, 0.29) is 5.91 Å². The van der Waals surface area contributed by atoms with E-state index in [1.165, 1.54) is 0 Å². The van der Waals surface area contributed by atoms with Gasteiger partial charge < -0.3 is 24.1 Å². The van der Waals surface area contributed by atoms with E-state index in [1.54, 1.807) is 14.2 Å². The highest BCUT2D eigenvalue weighted by molar-refractivity contribution is 6.00. The highest BCUT2D eigenvalue weighted by Gasteiger charge is 2.17. The molecule has 0 saturated carbocycles. The van der Waals surface area contributed by atoms with Crippen LogP contribution in [-0.4, -0.2) is 51.1 Å². The van der Waals surface area contributed by atoms with Gasteiger partial charge in [-0.1, -0.05) is 6.07 Å². The zero-order chi connectivity index (χ0) is 16.7. The van der Waals surface area contributed by atoms with E-state index >= 15 is 0 Å². The molecule has 2 aromatic rings. The van der Waals surface area contributed by atoms with Crippen LogP contribution >= 0.6 is 0 Å². The third-order valence-electron chi connectivity index (χ3n) is 3.55. The lowest BCUT2D eigenvalue weighted by molar-refractivity contribution is 0.0926. The molecule has 0 unspecified atom stereocenters. The Hall–Kier alpha value is -2.05. The lowest BCUT2D eigenvalue weighted by Crippen LogP contribution is -2.29. The van der Waals surface area contributed by atoms with Crippen LogP contribution in [0.5, 0.6) is 5.75 Å². The summed E-state index contributed by atoms with van der Waals surface area (Å²) in [5.41, 5.74) is 1.56. The van der Waals surface area contributed by atoms with Gasteiger partial charge in [-0.25, -0.2) is 0 Å². The van der Waals surface area contributed by atoms with Gasteiger partial charge in [-0.2, -0.15) is 0 Å². The van der Waals surface area contributed by atoms with Crippen molar-refractivity contribution in [2.24, 2.45) is 0 Å². The maximum absolute atomic E-state index is 12.5. The molecule has 1 aromatic carbocycles. The molecule has 6 nitrogen and oxygen atoms in total. The predicted octanol–water partition coefficient (Wildman–Crippen LogP) is 2.06. The van der Waals surface area contributed by atoms with Gasteiger partial charge in [0.1, 0.15) is 11.4 Å². The summed E-state index contributed by atoms with van der Waals surface area (Å²) in [7, 11) is 3.26. The van der Waals surface area contributed by atoms with Crippen LogP contribution in [0.2, 0.25) is 0 Å². The van der Waals surface area contributed by atoms with E-state index in [0.29, 0.717) is 38.6 Å². The van der Waals surface area contributed by atoms with Crippen molar-refractivity contribution in [3.8, 4) is 5.75 Å². The van der Waals surface area contributed by atoms with Gasteiger partial charge in [0.15, 0.2) is 0 Å². The fourth-order valence-corrected chi connectivity index (χ4v) is 2.51. The van der Waals surface area contributed by atoms with Crippen LogP contribution in [0.25, 0.3) is 10.9 Å². The first-order valence-corrected chi connectivity index (χ1v) is 7.74. The Kier molecular flexibility index (Phi) is 6.43. The molecule has 1 N–H and O–H groups in total. The zero-order valence-corrected chi connectivity index (χ0v) is 13.9. The van der Waals surface area contributed by atoms with Gasteiger partial charge in [0.2, 0.25) is 0 Å². The number of methoxy groups -OCH3 is 2. The quantitative estimate of drug-likeness (QED) is 0.719. The fourth-order valence-electron chi connectivity index (χ4n) is 2.51. The number of carbonyl (C=O) groups is 1. The molecular weight excluding hydrogens is 296 g/mol. The number of amides is 1. The zero-order valence-electron chi connectivity index (χ0n) is 13.9. The minimum absolute atomic E-state index is 0.128. The number of nitrogens with zero attached hydrogens (tertiary/aromatic N) is 1. The van der Waals surface area contributed by atoms with Gasteiger partial charge in [-0.05, 0) is 25.1 Å². The molecule has 0 aliphatic carbocycles. The largest absolute Gasteiger partial charge is 0.493 e. The molecule has 0 spiro atoms. The van der Waals surface area contributed by atoms with Crippen LogP contribution < -0.4 is 10.1 Å². The molecule has 1 heterocycles. The van der Waals surface area contributed by atoms with E-state index in [4.69, 9.17) is 14.2 Å². The third-order valence-corrected chi connectivity index (χ3v) is 3.55. The van der Waals surface area contributed by atoms with E-state index in [1.807, 2.05) is 35.8 Å². The molecule has 23 heavy (non-hydrogen) atoms. The number of fused-ring (bicyclic) bond motifs is 1. The molecule has 0 aliphatic rings. The molecule has 6 heteroatoms. The Morgan fingerprint density at radius 2 is 2.00 bits per heavy atom. The van der Waals surface area contributed by atoms with E-state index in [2.05, 4.69) is 5.32 Å². The SMILES string of the molecule is CCOc1cccc2c1cc(C(=O)NCCOC)n2CCOC. The van der Waals surface area contributed by atoms with Gasteiger partial charge in [-0.15, -0.1) is 0 Å². The Labute approximate surface area is 136 Å². The molecule has 0 atom stereocenters. The summed E-state index contributed by atoms with van der Waals surface area (Å²) < 4.78 is 17.8. The molecular formula is C17H24N2O4. The Balaban J connectivity index is 2.40. The summed E-state index contributed by atoms with van der Waals surface area (Å²) in [4.78, 5) is 12.5. The molecule has 1 aromatic heterocycles. The van der Waals surface area contributed by atoms with Crippen molar-refractivity contribution in [1.29, 1.82) is 0 Å². The van der Waals surface area contributed by atoms with Gasteiger partial charge in [-0.3, -0.25) is 4.79 Å². The monoisotopic (exact) mass is 320 g/mol. The number of aromatic nitrogens is 1. The van der Waals surface area contributed by atoms with E-state index < -0.39 is 0 Å². The summed E-state index contributed by atoms with van der Waals surface area (Å²) in [6.45, 7) is 4.61. The highest BCUT2D eigenvalue weighted by atomic mass is 16.5. The van der Waals surface area contributed by atoms with Crippen molar-refractivity contribution < 1.29 is 19.0 Å². The first-order chi connectivity index (χ1) is 11.2. The van der Waals surface area contributed by atoms with Gasteiger partial charge >= 0.3 is 0 Å². The normalized spacial score (nSPS) is 10.9. The molecule has 0 aliphatic heterocycles. The third kappa shape index (κ3) is 4.03. The summed E-state index contributed by atoms with van der Waals surface area (Å²) in [6.07, 6.45) is 0. The van der Waals surface area contributed by atoms with Crippen molar-refractivity contribution in [2.75, 3.05) is 40.6 Å². The molecule has 0 saturated heterocycles. The molecule has 0 fully saturated rings. The minimum Gasteiger partial charge on any atom is -0.493 e. The molecule has 2 rings (SSSR count). The van der Waals surface area contributed by atoms with Crippen molar-refractivity contribution in [1.82, 2.24) is 9.88 Å². The Morgan fingerprint density at radius 3 is 2.70 bits per heavy atom. The van der Waals surface area contributed by atoms with Gasteiger partial charge in [0.05, 0.1) is 25.3 Å². The summed E-state index contributed by atoms with van der Waals surface area (Å²) >= 11 is 0. The lowest BCUT2D eigenvalue weighted by atomic mass is 10.2. The standard InChI is InChI=1S/C17H24N2O4/c1-4-23-16-7-5-6-14-13(16)12-15(19(14)9-11-22-3)17(20)18-8-10-21-2/h5-7,12H,4,8-11H2,1-3H3,(H,18,20). The average molecular weight is 320 g/mol. The Bertz CT molecular complexity index is 651. The number of ether oxygens (including phenoxy) is 3. The van der Waals surface area contributed by atoms with Crippen LogP contribution in [0.15, 0.2) is 24.3 Å². The maximum Gasteiger partial charge on any atom is 0.268 e. The number of hydrogen-bond donors (Lipinski definition) is 1. The molecule has 1 amide bonds. The number of carbonyl (C=O) groups excluding carboxylic acids is 1. The molecule has 0 bridgehead atoms. The summed E-state index contributed by atoms with van der Waals surface area (Å²) in [5.74, 6) is 0.656. The summed E-state index contributed by atoms with van der Waals surface area (Å²) in [6, 6.07) is 7.71. The lowest BCUT2D eigenvalue weighted by Gasteiger charge is -2.11. The van der Waals surface area contributed by atoms with Crippen molar-refractivity contribution >= 4 is 16.8 Å². The fraction of sp³-hybridized carbons (Fsp3) is 0.471. The topological polar surface area (TPSA) is 61.7 Å². The number of benzene rings is 1. The van der Waals surface area contributed by atoms with Crippen LogP contribution in [0.3, 0.4) is 0 Å². The van der Waals surface area contributed by atoms with E-state index in [9.17, 15) is 4.79 Å². The first-order valence-electron chi connectivity index (χ1n) is 7.74. The summed E-state index contributed by atoms with van der Waals surface area (Å²) in [5, 5.41) is 3.80.